The summed E-state index contributed by atoms with van der Waals surface area (Å²) in [6.45, 7) is 11.0. The summed E-state index contributed by atoms with van der Waals surface area (Å²) < 4.78 is 47.5. The highest BCUT2D eigenvalue weighted by molar-refractivity contribution is 7.89. The van der Waals surface area contributed by atoms with Crippen LogP contribution in [0, 0.1) is 5.82 Å². The second kappa shape index (κ2) is 8.18. The minimum Gasteiger partial charge on any atom is -0.438 e. The number of hydrogen-bond donors (Lipinski definition) is 2. The molecular weight excluding hydrogens is 435 g/mol. The van der Waals surface area contributed by atoms with E-state index in [1.807, 2.05) is 20.8 Å². The summed E-state index contributed by atoms with van der Waals surface area (Å²) in [6.07, 6.45) is 0. The molecule has 0 saturated heterocycles. The molecule has 32 heavy (non-hydrogen) atoms. The van der Waals surface area contributed by atoms with Crippen molar-refractivity contribution < 1.29 is 22.0 Å². The first kappa shape index (κ1) is 23.7. The second-order valence-electron chi connectivity index (χ2n) is 9.48. The summed E-state index contributed by atoms with van der Waals surface area (Å²) in [6, 6.07) is 9.90. The number of amides is 1. The minimum atomic E-state index is -3.92. The van der Waals surface area contributed by atoms with Crippen LogP contribution in [0.15, 0.2) is 52.0 Å². The third kappa shape index (κ3) is 5.43. The highest BCUT2D eigenvalue weighted by Gasteiger charge is 2.27. The van der Waals surface area contributed by atoms with Crippen LogP contribution in [0.25, 0.3) is 5.69 Å². The number of aromatic nitrogens is 2. The monoisotopic (exact) mass is 462 g/mol. The van der Waals surface area contributed by atoms with Crippen molar-refractivity contribution in [3.63, 3.8) is 0 Å². The number of nitrogens with zero attached hydrogens (tertiary/aromatic N) is 2. The van der Waals surface area contributed by atoms with Crippen LogP contribution >= 0.6 is 0 Å². The summed E-state index contributed by atoms with van der Waals surface area (Å²) in [4.78, 5) is 12.8. The lowest BCUT2D eigenvalue weighted by Crippen LogP contribution is -2.40. The van der Waals surface area contributed by atoms with Gasteiger partial charge in [-0.05, 0) is 57.2 Å². The molecule has 3 rings (SSSR count). The van der Waals surface area contributed by atoms with E-state index in [0.717, 1.165) is 0 Å². The van der Waals surface area contributed by atoms with Crippen molar-refractivity contribution in [3.05, 3.63) is 59.7 Å². The number of anilines is 1. The molecule has 8 nitrogen and oxygen atoms in total. The number of halogens is 1. The number of carbonyl (C=O) groups is 1. The van der Waals surface area contributed by atoms with Crippen LogP contribution in [-0.2, 0) is 15.4 Å². The van der Waals surface area contributed by atoms with E-state index in [9.17, 15) is 17.6 Å². The number of benzene rings is 1. The van der Waals surface area contributed by atoms with E-state index in [-0.39, 0.29) is 16.3 Å². The fourth-order valence-electron chi connectivity index (χ4n) is 2.83. The van der Waals surface area contributed by atoms with Gasteiger partial charge in [-0.1, -0.05) is 20.8 Å². The number of nitrogens with one attached hydrogen (secondary N) is 2. The van der Waals surface area contributed by atoms with Crippen molar-refractivity contribution in [1.29, 1.82) is 0 Å². The normalized spacial score (nSPS) is 12.7. The SMILES string of the molecule is CC(C)(C)NS(=O)(=O)c1ccc(C(=O)Nc2cc(C(C)(C)C)nn2-c2ccc(F)cc2)o1. The van der Waals surface area contributed by atoms with Crippen molar-refractivity contribution in [1.82, 2.24) is 14.5 Å². The fourth-order valence-corrected chi connectivity index (χ4v) is 4.19. The molecule has 0 aliphatic heterocycles. The number of sulfonamides is 1. The molecule has 0 atom stereocenters. The molecule has 0 bridgehead atoms. The molecule has 3 aromatic rings. The molecule has 0 fully saturated rings. The standard InChI is InChI=1S/C22H27FN4O4S/c1-21(2,3)17-13-18(27(25-17)15-9-7-14(23)8-10-15)24-20(28)16-11-12-19(31-16)32(29,30)26-22(4,5)6/h7-13,26H,1-6H3,(H,24,28). The van der Waals surface area contributed by atoms with Crippen LogP contribution in [0.1, 0.15) is 57.8 Å². The predicted octanol–water partition coefficient (Wildman–Crippen LogP) is 4.23. The van der Waals surface area contributed by atoms with Crippen molar-refractivity contribution in [2.75, 3.05) is 5.32 Å². The molecule has 2 heterocycles. The van der Waals surface area contributed by atoms with Gasteiger partial charge < -0.3 is 9.73 Å². The van der Waals surface area contributed by atoms with Gasteiger partial charge in [0.1, 0.15) is 11.6 Å². The van der Waals surface area contributed by atoms with Gasteiger partial charge in [0.2, 0.25) is 5.09 Å². The lowest BCUT2D eigenvalue weighted by molar-refractivity contribution is 0.0991. The van der Waals surface area contributed by atoms with Gasteiger partial charge in [0.15, 0.2) is 5.76 Å². The number of carbonyl (C=O) groups excluding carboxylic acids is 1. The van der Waals surface area contributed by atoms with Gasteiger partial charge in [-0.25, -0.2) is 22.2 Å². The van der Waals surface area contributed by atoms with Crippen molar-refractivity contribution in [2.45, 2.75) is 57.6 Å². The molecule has 0 spiro atoms. The zero-order valence-electron chi connectivity index (χ0n) is 18.9. The largest absolute Gasteiger partial charge is 0.438 e. The summed E-state index contributed by atoms with van der Waals surface area (Å²) in [5.74, 6) is -0.884. The van der Waals surface area contributed by atoms with Crippen molar-refractivity contribution in [2.24, 2.45) is 0 Å². The molecule has 1 aromatic carbocycles. The van der Waals surface area contributed by atoms with Crippen molar-refractivity contribution >= 4 is 21.7 Å². The Morgan fingerprint density at radius 2 is 1.66 bits per heavy atom. The highest BCUT2D eigenvalue weighted by Crippen LogP contribution is 2.27. The van der Waals surface area contributed by atoms with Crippen LogP contribution in [0.5, 0.6) is 0 Å². The average Bonchev–Trinajstić information content (AvgIpc) is 3.28. The summed E-state index contributed by atoms with van der Waals surface area (Å²) in [7, 11) is -3.92. The average molecular weight is 463 g/mol. The number of rotatable bonds is 5. The first-order valence-electron chi connectivity index (χ1n) is 9.97. The third-order valence-electron chi connectivity index (χ3n) is 4.30. The second-order valence-corrected chi connectivity index (χ2v) is 11.1. The van der Waals surface area contributed by atoms with E-state index >= 15 is 0 Å². The molecule has 0 aliphatic carbocycles. The molecule has 0 aliphatic rings. The van der Waals surface area contributed by atoms with Gasteiger partial charge >= 0.3 is 0 Å². The molecule has 2 N–H and O–H groups in total. The van der Waals surface area contributed by atoms with Crippen molar-refractivity contribution in [3.8, 4) is 5.69 Å². The van der Waals surface area contributed by atoms with Crippen LogP contribution in [0.4, 0.5) is 10.2 Å². The smallest absolute Gasteiger partial charge is 0.292 e. The molecule has 172 valence electrons. The summed E-state index contributed by atoms with van der Waals surface area (Å²) >= 11 is 0. The van der Waals surface area contributed by atoms with Gasteiger partial charge in [-0.15, -0.1) is 0 Å². The maximum atomic E-state index is 13.4. The Morgan fingerprint density at radius 3 is 2.22 bits per heavy atom. The van der Waals surface area contributed by atoms with Gasteiger partial charge in [-0.2, -0.15) is 5.10 Å². The van der Waals surface area contributed by atoms with E-state index in [2.05, 4.69) is 15.1 Å². The van der Waals surface area contributed by atoms with Gasteiger partial charge in [-0.3, -0.25) is 4.79 Å². The molecule has 0 unspecified atom stereocenters. The van der Waals surface area contributed by atoms with E-state index in [0.29, 0.717) is 17.2 Å². The van der Waals surface area contributed by atoms with E-state index < -0.39 is 27.3 Å². The Bertz CT molecular complexity index is 1230. The highest BCUT2D eigenvalue weighted by atomic mass is 32.2. The zero-order valence-corrected chi connectivity index (χ0v) is 19.7. The first-order chi connectivity index (χ1) is 14.7. The maximum Gasteiger partial charge on any atom is 0.292 e. The molecular formula is C22H27FN4O4S. The first-order valence-corrected chi connectivity index (χ1v) is 11.5. The Balaban J connectivity index is 1.92. The van der Waals surface area contributed by atoms with E-state index in [1.165, 1.54) is 28.9 Å². The summed E-state index contributed by atoms with van der Waals surface area (Å²) in [5, 5.41) is 6.90. The Morgan fingerprint density at radius 1 is 1.03 bits per heavy atom. The van der Waals surface area contributed by atoms with Gasteiger partial charge in [0, 0.05) is 17.0 Å². The quantitative estimate of drug-likeness (QED) is 0.590. The maximum absolute atomic E-state index is 13.4. The molecule has 0 saturated carbocycles. The van der Waals surface area contributed by atoms with E-state index in [4.69, 9.17) is 4.42 Å². The summed E-state index contributed by atoms with van der Waals surface area (Å²) in [5.41, 5.74) is 0.234. The Kier molecular flexibility index (Phi) is 6.05. The molecule has 0 radical (unpaired) electrons. The lowest BCUT2D eigenvalue weighted by atomic mass is 9.92. The Labute approximate surface area is 186 Å². The van der Waals surface area contributed by atoms with Crippen LogP contribution < -0.4 is 10.0 Å². The molecule has 2 aromatic heterocycles. The van der Waals surface area contributed by atoms with Gasteiger partial charge in [0.05, 0.1) is 11.4 Å². The molecule has 10 heteroatoms. The van der Waals surface area contributed by atoms with Crippen LogP contribution in [-0.4, -0.2) is 29.6 Å². The Hall–Kier alpha value is -2.98. The topological polar surface area (TPSA) is 106 Å². The number of hydrogen-bond acceptors (Lipinski definition) is 5. The lowest BCUT2D eigenvalue weighted by Gasteiger charge is -2.18. The van der Waals surface area contributed by atoms with Gasteiger partial charge in [0.25, 0.3) is 15.9 Å². The minimum absolute atomic E-state index is 0.177. The van der Waals surface area contributed by atoms with Crippen LogP contribution in [0.2, 0.25) is 0 Å². The zero-order chi connectivity index (χ0) is 23.9. The number of furan rings is 1. The van der Waals surface area contributed by atoms with E-state index in [1.54, 1.807) is 39.0 Å². The molecule has 1 amide bonds. The third-order valence-corrected chi connectivity index (χ3v) is 5.93. The predicted molar refractivity (Wildman–Crippen MR) is 119 cm³/mol. The fraction of sp³-hybridized carbons (Fsp3) is 0.364. The van der Waals surface area contributed by atoms with Crippen LogP contribution in [0.3, 0.4) is 0 Å².